The van der Waals surface area contributed by atoms with Gasteiger partial charge < -0.3 is 0 Å². The Hall–Kier alpha value is -0.0900. The van der Waals surface area contributed by atoms with Crippen LogP contribution in [0.3, 0.4) is 0 Å². The molecule has 2 rings (SSSR count). The fourth-order valence-corrected chi connectivity index (χ4v) is 3.74. The van der Waals surface area contributed by atoms with E-state index >= 15 is 0 Å². The summed E-state index contributed by atoms with van der Waals surface area (Å²) in [5, 5.41) is 0. The second kappa shape index (κ2) is 2.95. The summed E-state index contributed by atoms with van der Waals surface area (Å²) in [5.41, 5.74) is 0.373. The van der Waals surface area contributed by atoms with E-state index in [1.165, 1.54) is 19.1 Å². The zero-order valence-electron chi connectivity index (χ0n) is 9.16. The Morgan fingerprint density at radius 3 is 2.14 bits per heavy atom. The molecule has 0 bridgehead atoms. The quantitative estimate of drug-likeness (QED) is 0.699. The maximum absolute atomic E-state index is 11.2. The fraction of sp³-hybridized carbons (Fsp3) is 1.00. The van der Waals surface area contributed by atoms with Crippen LogP contribution in [0.1, 0.15) is 26.7 Å². The van der Waals surface area contributed by atoms with Gasteiger partial charge in [0.2, 0.25) is 10.0 Å². The molecule has 1 saturated heterocycles. The maximum Gasteiger partial charge on any atom is 0.211 e. The van der Waals surface area contributed by atoms with Crippen molar-refractivity contribution in [1.29, 1.82) is 0 Å². The minimum atomic E-state index is -2.92. The van der Waals surface area contributed by atoms with Crippen LogP contribution in [0.4, 0.5) is 0 Å². The van der Waals surface area contributed by atoms with Gasteiger partial charge in [-0.1, -0.05) is 13.8 Å². The molecular weight excluding hydrogens is 198 g/mol. The average molecular weight is 217 g/mol. The molecule has 0 aromatic carbocycles. The number of nitrogens with zero attached hydrogens (tertiary/aromatic N) is 1. The summed E-state index contributed by atoms with van der Waals surface area (Å²) in [7, 11) is -2.92. The molecule has 1 spiro atoms. The number of rotatable bonds is 2. The summed E-state index contributed by atoms with van der Waals surface area (Å²) in [4.78, 5) is 0. The first-order valence-electron chi connectivity index (χ1n) is 5.28. The van der Waals surface area contributed by atoms with Crippen molar-refractivity contribution in [3.8, 4) is 0 Å². The van der Waals surface area contributed by atoms with Crippen LogP contribution in [0.2, 0.25) is 0 Å². The van der Waals surface area contributed by atoms with E-state index in [1.54, 1.807) is 4.31 Å². The first-order valence-corrected chi connectivity index (χ1v) is 7.12. The zero-order valence-corrected chi connectivity index (χ0v) is 9.97. The summed E-state index contributed by atoms with van der Waals surface area (Å²) in [6, 6.07) is 0. The van der Waals surface area contributed by atoms with Gasteiger partial charge in [0.1, 0.15) is 0 Å². The van der Waals surface area contributed by atoms with E-state index in [0.29, 0.717) is 5.41 Å². The molecule has 0 amide bonds. The van der Waals surface area contributed by atoms with Gasteiger partial charge in [-0.25, -0.2) is 12.7 Å². The van der Waals surface area contributed by atoms with Crippen LogP contribution < -0.4 is 0 Å². The third kappa shape index (κ3) is 1.58. The van der Waals surface area contributed by atoms with Gasteiger partial charge in [0, 0.05) is 13.1 Å². The van der Waals surface area contributed by atoms with E-state index in [1.807, 2.05) is 0 Å². The van der Waals surface area contributed by atoms with Gasteiger partial charge in [-0.15, -0.1) is 0 Å². The van der Waals surface area contributed by atoms with Crippen molar-refractivity contribution in [3.63, 3.8) is 0 Å². The molecule has 14 heavy (non-hydrogen) atoms. The zero-order chi connectivity index (χ0) is 10.6. The number of sulfonamides is 1. The van der Waals surface area contributed by atoms with Crippen molar-refractivity contribution in [2.24, 2.45) is 17.3 Å². The van der Waals surface area contributed by atoms with Gasteiger partial charge in [0.05, 0.1) is 6.26 Å². The molecule has 0 aromatic heterocycles. The highest BCUT2D eigenvalue weighted by Crippen LogP contribution is 2.54. The topological polar surface area (TPSA) is 37.4 Å². The summed E-state index contributed by atoms with van der Waals surface area (Å²) >= 11 is 0. The second-order valence-corrected chi connectivity index (χ2v) is 7.43. The van der Waals surface area contributed by atoms with Gasteiger partial charge in [-0.3, -0.25) is 0 Å². The molecule has 0 atom stereocenters. The summed E-state index contributed by atoms with van der Waals surface area (Å²) < 4.78 is 24.0. The van der Waals surface area contributed by atoms with Gasteiger partial charge >= 0.3 is 0 Å². The molecule has 1 heterocycles. The van der Waals surface area contributed by atoms with Crippen molar-refractivity contribution in [3.05, 3.63) is 0 Å². The van der Waals surface area contributed by atoms with Crippen molar-refractivity contribution in [2.75, 3.05) is 19.3 Å². The minimum absolute atomic E-state index is 0.373. The SMILES string of the molecule is CC(C)C1CC2(C1)CN(S(C)(=O)=O)C2. The van der Waals surface area contributed by atoms with Crippen LogP contribution in [0.15, 0.2) is 0 Å². The van der Waals surface area contributed by atoms with Gasteiger partial charge in [-0.2, -0.15) is 0 Å². The highest BCUT2D eigenvalue weighted by atomic mass is 32.2. The van der Waals surface area contributed by atoms with E-state index in [-0.39, 0.29) is 0 Å². The minimum Gasteiger partial charge on any atom is -0.213 e. The third-order valence-electron chi connectivity index (χ3n) is 3.83. The van der Waals surface area contributed by atoms with Crippen molar-refractivity contribution in [1.82, 2.24) is 4.31 Å². The maximum atomic E-state index is 11.2. The van der Waals surface area contributed by atoms with E-state index in [0.717, 1.165) is 24.9 Å². The molecular formula is C10H19NO2S. The molecule has 1 saturated carbocycles. The normalized spacial score (nSPS) is 27.7. The highest BCUT2D eigenvalue weighted by molar-refractivity contribution is 7.88. The van der Waals surface area contributed by atoms with E-state index in [4.69, 9.17) is 0 Å². The van der Waals surface area contributed by atoms with Crippen LogP contribution >= 0.6 is 0 Å². The lowest BCUT2D eigenvalue weighted by atomic mass is 9.56. The van der Waals surface area contributed by atoms with Crippen molar-refractivity contribution < 1.29 is 8.42 Å². The van der Waals surface area contributed by atoms with E-state index in [9.17, 15) is 8.42 Å². The Labute approximate surface area is 86.5 Å². The molecule has 82 valence electrons. The molecule has 3 nitrogen and oxygen atoms in total. The number of hydrogen-bond acceptors (Lipinski definition) is 2. The van der Waals surface area contributed by atoms with Crippen LogP contribution in [0.25, 0.3) is 0 Å². The lowest BCUT2D eigenvalue weighted by Crippen LogP contribution is -2.63. The average Bonchev–Trinajstić information content (AvgIpc) is 1.74. The molecule has 2 aliphatic rings. The van der Waals surface area contributed by atoms with Crippen LogP contribution in [-0.2, 0) is 10.0 Å². The summed E-state index contributed by atoms with van der Waals surface area (Å²) in [6.07, 6.45) is 3.77. The smallest absolute Gasteiger partial charge is 0.211 e. The Morgan fingerprint density at radius 1 is 1.29 bits per heavy atom. The van der Waals surface area contributed by atoms with Gasteiger partial charge in [0.15, 0.2) is 0 Å². The van der Waals surface area contributed by atoms with Gasteiger partial charge in [-0.05, 0) is 30.1 Å². The van der Waals surface area contributed by atoms with Crippen LogP contribution in [-0.4, -0.2) is 32.1 Å². The highest BCUT2D eigenvalue weighted by Gasteiger charge is 2.54. The lowest BCUT2D eigenvalue weighted by molar-refractivity contribution is -0.0676. The molecule has 1 aliphatic carbocycles. The number of hydrogen-bond donors (Lipinski definition) is 0. The van der Waals surface area contributed by atoms with Gasteiger partial charge in [0.25, 0.3) is 0 Å². The Morgan fingerprint density at radius 2 is 1.79 bits per heavy atom. The Balaban J connectivity index is 1.86. The largest absolute Gasteiger partial charge is 0.213 e. The predicted molar refractivity (Wildman–Crippen MR) is 56.4 cm³/mol. The molecule has 1 aliphatic heterocycles. The van der Waals surface area contributed by atoms with E-state index < -0.39 is 10.0 Å². The third-order valence-corrected chi connectivity index (χ3v) is 5.02. The summed E-state index contributed by atoms with van der Waals surface area (Å²) in [6.45, 7) is 6.05. The van der Waals surface area contributed by atoms with Crippen molar-refractivity contribution >= 4 is 10.0 Å². The van der Waals surface area contributed by atoms with Crippen molar-refractivity contribution in [2.45, 2.75) is 26.7 Å². The second-order valence-electron chi connectivity index (χ2n) is 5.44. The predicted octanol–water partition coefficient (Wildman–Crippen LogP) is 1.31. The first kappa shape index (κ1) is 10.4. The standard InChI is InChI=1S/C10H19NO2S/c1-8(2)9-4-10(5-9)6-11(7-10)14(3,12)13/h8-9H,4-7H2,1-3H3. The van der Waals surface area contributed by atoms with Crippen LogP contribution in [0.5, 0.6) is 0 Å². The molecule has 0 unspecified atom stereocenters. The molecule has 0 radical (unpaired) electrons. The molecule has 2 fully saturated rings. The monoisotopic (exact) mass is 217 g/mol. The van der Waals surface area contributed by atoms with E-state index in [2.05, 4.69) is 13.8 Å². The molecule has 0 aromatic rings. The summed E-state index contributed by atoms with van der Waals surface area (Å²) in [5.74, 6) is 1.59. The fourth-order valence-electron chi connectivity index (χ4n) is 2.72. The Bertz CT molecular complexity index is 320. The molecule has 4 heteroatoms. The lowest BCUT2D eigenvalue weighted by Gasteiger charge is -2.59. The van der Waals surface area contributed by atoms with Crippen LogP contribution in [0, 0.1) is 17.3 Å². The Kier molecular flexibility index (Phi) is 2.20. The first-order chi connectivity index (χ1) is 6.32. The molecule has 0 N–H and O–H groups in total.